The lowest BCUT2D eigenvalue weighted by Gasteiger charge is -2.20. The topological polar surface area (TPSA) is 81.3 Å². The third-order valence-electron chi connectivity index (χ3n) is 3.26. The summed E-state index contributed by atoms with van der Waals surface area (Å²) in [6, 6.07) is 3.46. The summed E-state index contributed by atoms with van der Waals surface area (Å²) >= 11 is 0. The molecule has 0 bridgehead atoms. The van der Waals surface area contributed by atoms with Crippen LogP contribution in [0.15, 0.2) is 22.7 Å². The first-order valence-electron chi connectivity index (χ1n) is 6.36. The van der Waals surface area contributed by atoms with Crippen molar-refractivity contribution in [3.8, 4) is 5.75 Å². The maximum Gasteiger partial charge on any atom is 0.253 e. The van der Waals surface area contributed by atoms with Gasteiger partial charge >= 0.3 is 0 Å². The van der Waals surface area contributed by atoms with E-state index < -0.39 is 0 Å². The quantitative estimate of drug-likeness (QED) is 0.883. The predicted molar refractivity (Wildman–Crippen MR) is 65.4 cm³/mol. The molecule has 2 heterocycles. The molecule has 0 saturated heterocycles. The SMILES string of the molecule is OCc1ccc(OCc2nnc(C3CCC3)o2)cn1. The van der Waals surface area contributed by atoms with Crippen LogP contribution in [0.3, 0.4) is 0 Å². The summed E-state index contributed by atoms with van der Waals surface area (Å²) in [6.07, 6.45) is 5.07. The van der Waals surface area contributed by atoms with Crippen molar-refractivity contribution in [3.05, 3.63) is 35.8 Å². The van der Waals surface area contributed by atoms with Gasteiger partial charge in [0, 0.05) is 5.92 Å². The standard InChI is InChI=1S/C13H15N3O3/c17-7-10-4-5-11(6-14-10)18-8-12-15-16-13(19-12)9-2-1-3-9/h4-6,9,17H,1-3,7-8H2. The van der Waals surface area contributed by atoms with E-state index in [9.17, 15) is 0 Å². The number of rotatable bonds is 5. The van der Waals surface area contributed by atoms with Crippen molar-refractivity contribution in [2.75, 3.05) is 0 Å². The van der Waals surface area contributed by atoms with Crippen LogP contribution in [0.25, 0.3) is 0 Å². The fourth-order valence-corrected chi connectivity index (χ4v) is 1.88. The molecule has 0 aliphatic heterocycles. The first-order chi connectivity index (χ1) is 9.35. The van der Waals surface area contributed by atoms with Crippen LogP contribution in [0.5, 0.6) is 5.75 Å². The molecule has 1 aliphatic rings. The van der Waals surface area contributed by atoms with E-state index in [2.05, 4.69) is 15.2 Å². The normalized spacial score (nSPS) is 15.2. The van der Waals surface area contributed by atoms with Gasteiger partial charge in [-0.1, -0.05) is 6.42 Å². The monoisotopic (exact) mass is 261 g/mol. The van der Waals surface area contributed by atoms with E-state index >= 15 is 0 Å². The molecule has 2 aromatic heterocycles. The highest BCUT2D eigenvalue weighted by Crippen LogP contribution is 2.35. The number of aliphatic hydroxyl groups excluding tert-OH is 1. The van der Waals surface area contributed by atoms with Crippen molar-refractivity contribution in [3.63, 3.8) is 0 Å². The number of hydrogen-bond donors (Lipinski definition) is 1. The van der Waals surface area contributed by atoms with Crippen LogP contribution in [0.4, 0.5) is 0 Å². The van der Waals surface area contributed by atoms with Crippen LogP contribution in [0.1, 0.15) is 42.7 Å². The molecule has 6 heteroatoms. The average Bonchev–Trinajstić information content (AvgIpc) is 2.83. The van der Waals surface area contributed by atoms with Crippen LogP contribution in [-0.4, -0.2) is 20.3 Å². The zero-order chi connectivity index (χ0) is 13.1. The minimum absolute atomic E-state index is 0.0747. The van der Waals surface area contributed by atoms with E-state index in [1.165, 1.54) is 6.42 Å². The molecule has 0 aromatic carbocycles. The van der Waals surface area contributed by atoms with Crippen molar-refractivity contribution >= 4 is 0 Å². The minimum atomic E-state index is -0.0747. The molecule has 19 heavy (non-hydrogen) atoms. The summed E-state index contributed by atoms with van der Waals surface area (Å²) in [7, 11) is 0. The molecular formula is C13H15N3O3. The van der Waals surface area contributed by atoms with Crippen LogP contribution in [0.2, 0.25) is 0 Å². The van der Waals surface area contributed by atoms with Crippen molar-refractivity contribution < 1.29 is 14.3 Å². The zero-order valence-electron chi connectivity index (χ0n) is 10.5. The van der Waals surface area contributed by atoms with Gasteiger partial charge in [-0.25, -0.2) is 0 Å². The van der Waals surface area contributed by atoms with Gasteiger partial charge in [-0.15, -0.1) is 10.2 Å². The molecule has 0 amide bonds. The number of ether oxygens (including phenoxy) is 1. The Morgan fingerprint density at radius 1 is 1.32 bits per heavy atom. The Bertz CT molecular complexity index is 534. The van der Waals surface area contributed by atoms with E-state index in [-0.39, 0.29) is 13.2 Å². The summed E-state index contributed by atoms with van der Waals surface area (Å²) in [6.45, 7) is 0.161. The number of aliphatic hydroxyl groups is 1. The first kappa shape index (κ1) is 12.1. The second kappa shape index (κ2) is 5.36. The maximum absolute atomic E-state index is 8.88. The highest BCUT2D eigenvalue weighted by molar-refractivity contribution is 5.19. The van der Waals surface area contributed by atoms with Gasteiger partial charge in [-0.3, -0.25) is 4.98 Å². The number of hydrogen-bond acceptors (Lipinski definition) is 6. The number of nitrogens with zero attached hydrogens (tertiary/aromatic N) is 3. The molecule has 1 N–H and O–H groups in total. The molecule has 3 rings (SSSR count). The summed E-state index contributed by atoms with van der Waals surface area (Å²) < 4.78 is 11.0. The van der Waals surface area contributed by atoms with Gasteiger partial charge in [0.05, 0.1) is 18.5 Å². The van der Waals surface area contributed by atoms with E-state index in [1.807, 2.05) is 0 Å². The first-order valence-corrected chi connectivity index (χ1v) is 6.36. The van der Waals surface area contributed by atoms with Crippen LogP contribution in [-0.2, 0) is 13.2 Å². The molecular weight excluding hydrogens is 246 g/mol. The van der Waals surface area contributed by atoms with Crippen molar-refractivity contribution in [2.45, 2.75) is 38.4 Å². The van der Waals surface area contributed by atoms with Crippen LogP contribution < -0.4 is 4.74 Å². The highest BCUT2D eigenvalue weighted by atomic mass is 16.5. The predicted octanol–water partition coefficient (Wildman–Crippen LogP) is 1.80. The van der Waals surface area contributed by atoms with Gasteiger partial charge in [-0.05, 0) is 25.0 Å². The Morgan fingerprint density at radius 3 is 2.84 bits per heavy atom. The Labute approximate surface area is 110 Å². The average molecular weight is 261 g/mol. The highest BCUT2D eigenvalue weighted by Gasteiger charge is 2.25. The largest absolute Gasteiger partial charge is 0.482 e. The number of pyridine rings is 1. The van der Waals surface area contributed by atoms with Crippen molar-refractivity contribution in [1.82, 2.24) is 15.2 Å². The van der Waals surface area contributed by atoms with E-state index in [0.29, 0.717) is 23.3 Å². The second-order valence-corrected chi connectivity index (χ2v) is 4.59. The zero-order valence-corrected chi connectivity index (χ0v) is 10.5. The Hall–Kier alpha value is -1.95. The smallest absolute Gasteiger partial charge is 0.253 e. The molecule has 0 radical (unpaired) electrons. The third-order valence-corrected chi connectivity index (χ3v) is 3.26. The Morgan fingerprint density at radius 2 is 2.21 bits per heavy atom. The van der Waals surface area contributed by atoms with Crippen molar-refractivity contribution in [2.24, 2.45) is 0 Å². The molecule has 1 fully saturated rings. The third kappa shape index (κ3) is 2.73. The van der Waals surface area contributed by atoms with Gasteiger partial charge in [0.1, 0.15) is 5.75 Å². The minimum Gasteiger partial charge on any atom is -0.482 e. The fraction of sp³-hybridized carbons (Fsp3) is 0.462. The van der Waals surface area contributed by atoms with Gasteiger partial charge in [0.25, 0.3) is 5.89 Å². The summed E-state index contributed by atoms with van der Waals surface area (Å²) in [5.41, 5.74) is 0.609. The van der Waals surface area contributed by atoms with Gasteiger partial charge in [-0.2, -0.15) is 0 Å². The Balaban J connectivity index is 1.57. The van der Waals surface area contributed by atoms with Crippen LogP contribution in [0, 0.1) is 0 Å². The van der Waals surface area contributed by atoms with Crippen LogP contribution >= 0.6 is 0 Å². The maximum atomic E-state index is 8.88. The summed E-state index contributed by atoms with van der Waals surface area (Å²) in [4.78, 5) is 4.02. The van der Waals surface area contributed by atoms with Gasteiger partial charge < -0.3 is 14.3 Å². The summed E-state index contributed by atoms with van der Waals surface area (Å²) in [5, 5.41) is 16.9. The molecule has 6 nitrogen and oxygen atoms in total. The number of aromatic nitrogens is 3. The molecule has 1 saturated carbocycles. The van der Waals surface area contributed by atoms with Gasteiger partial charge in [0.2, 0.25) is 5.89 Å². The molecule has 100 valence electrons. The Kier molecular flexibility index (Phi) is 3.41. The van der Waals surface area contributed by atoms with Crippen molar-refractivity contribution in [1.29, 1.82) is 0 Å². The summed E-state index contributed by atoms with van der Waals surface area (Å²) in [5.74, 6) is 2.25. The fourth-order valence-electron chi connectivity index (χ4n) is 1.88. The lowest BCUT2D eigenvalue weighted by Crippen LogP contribution is -2.08. The van der Waals surface area contributed by atoms with E-state index in [0.717, 1.165) is 18.7 Å². The molecule has 1 aliphatic carbocycles. The molecule has 0 spiro atoms. The second-order valence-electron chi connectivity index (χ2n) is 4.59. The van der Waals surface area contributed by atoms with Gasteiger partial charge in [0.15, 0.2) is 6.61 Å². The lowest BCUT2D eigenvalue weighted by atomic mass is 9.85. The molecule has 0 atom stereocenters. The molecule has 2 aromatic rings. The van der Waals surface area contributed by atoms with E-state index in [1.54, 1.807) is 18.3 Å². The van der Waals surface area contributed by atoms with E-state index in [4.69, 9.17) is 14.3 Å². The molecule has 0 unspecified atom stereocenters. The lowest BCUT2D eigenvalue weighted by molar-refractivity contribution is 0.246.